The zero-order valence-electron chi connectivity index (χ0n) is 9.66. The molecule has 1 atom stereocenters. The molecule has 0 amide bonds. The van der Waals surface area contributed by atoms with Crippen LogP contribution in [0.5, 0.6) is 0 Å². The van der Waals surface area contributed by atoms with Gasteiger partial charge in [-0.3, -0.25) is 10.1 Å². The van der Waals surface area contributed by atoms with E-state index >= 15 is 0 Å². The lowest BCUT2D eigenvalue weighted by Crippen LogP contribution is -2.02. The number of nitro benzene ring substituents is 1. The molecule has 1 rings (SSSR count). The molecule has 0 aliphatic rings. The topological polar surface area (TPSA) is 43.1 Å². The normalized spacial score (nSPS) is 12.4. The Bertz CT molecular complexity index is 398. The highest BCUT2D eigenvalue weighted by molar-refractivity contribution is 9.09. The van der Waals surface area contributed by atoms with E-state index in [4.69, 9.17) is 11.6 Å². The van der Waals surface area contributed by atoms with Crippen molar-refractivity contribution in [2.45, 2.75) is 37.4 Å². The summed E-state index contributed by atoms with van der Waals surface area (Å²) < 4.78 is 0. The third-order valence-corrected chi connectivity index (χ3v) is 3.72. The van der Waals surface area contributed by atoms with Gasteiger partial charge in [0.25, 0.3) is 5.69 Å². The number of hydrogen-bond acceptors (Lipinski definition) is 2. The maximum absolute atomic E-state index is 10.9. The first-order chi connectivity index (χ1) is 8.04. The number of benzene rings is 1. The molecule has 0 aromatic heterocycles. The first-order valence-electron chi connectivity index (χ1n) is 5.61. The molecule has 0 bridgehead atoms. The van der Waals surface area contributed by atoms with Crippen LogP contribution >= 0.6 is 27.5 Å². The summed E-state index contributed by atoms with van der Waals surface area (Å²) in [5.41, 5.74) is 0.869. The van der Waals surface area contributed by atoms with Gasteiger partial charge >= 0.3 is 0 Å². The molecule has 0 radical (unpaired) electrons. The monoisotopic (exact) mass is 319 g/mol. The standard InChI is InChI=1S/C12H15BrClNO2/c1-2-3-10(13)5-4-9-8-11(14)6-7-12(9)15(16)17/h6-8,10H,2-5H2,1H3. The third-order valence-electron chi connectivity index (χ3n) is 2.57. The lowest BCUT2D eigenvalue weighted by Gasteiger charge is -2.08. The molecule has 1 unspecified atom stereocenters. The molecule has 0 saturated carbocycles. The van der Waals surface area contributed by atoms with Gasteiger partial charge in [0, 0.05) is 21.5 Å². The summed E-state index contributed by atoms with van der Waals surface area (Å²) in [4.78, 5) is 10.9. The van der Waals surface area contributed by atoms with E-state index in [2.05, 4.69) is 22.9 Å². The average molecular weight is 321 g/mol. The van der Waals surface area contributed by atoms with Crippen molar-refractivity contribution in [3.05, 3.63) is 38.9 Å². The van der Waals surface area contributed by atoms with Crippen molar-refractivity contribution < 1.29 is 4.92 Å². The van der Waals surface area contributed by atoms with Crippen LogP contribution in [0.2, 0.25) is 5.02 Å². The van der Waals surface area contributed by atoms with E-state index in [-0.39, 0.29) is 10.6 Å². The highest BCUT2D eigenvalue weighted by atomic mass is 79.9. The molecule has 0 fully saturated rings. The Morgan fingerprint density at radius 2 is 2.18 bits per heavy atom. The van der Waals surface area contributed by atoms with Gasteiger partial charge in [-0.15, -0.1) is 0 Å². The number of halogens is 2. The Kier molecular flexibility index (Phi) is 5.92. The second-order valence-corrected chi connectivity index (χ2v) is 5.69. The summed E-state index contributed by atoms with van der Waals surface area (Å²) in [6.07, 6.45) is 3.74. The summed E-state index contributed by atoms with van der Waals surface area (Å²) in [5, 5.41) is 11.4. The Hall–Kier alpha value is -0.610. The van der Waals surface area contributed by atoms with Crippen molar-refractivity contribution in [3.8, 4) is 0 Å². The summed E-state index contributed by atoms with van der Waals surface area (Å²) in [5.74, 6) is 0. The first-order valence-corrected chi connectivity index (χ1v) is 6.90. The minimum absolute atomic E-state index is 0.158. The van der Waals surface area contributed by atoms with Crippen LogP contribution in [0.4, 0.5) is 5.69 Å². The van der Waals surface area contributed by atoms with E-state index in [0.717, 1.165) is 19.3 Å². The average Bonchev–Trinajstić information content (AvgIpc) is 2.26. The SMILES string of the molecule is CCCC(Br)CCc1cc(Cl)ccc1[N+](=O)[O-]. The van der Waals surface area contributed by atoms with Gasteiger partial charge in [-0.25, -0.2) is 0 Å². The number of nitrogens with zero attached hydrogens (tertiary/aromatic N) is 1. The van der Waals surface area contributed by atoms with E-state index in [1.807, 2.05) is 0 Å². The van der Waals surface area contributed by atoms with Gasteiger partial charge in [0.15, 0.2) is 0 Å². The third kappa shape index (κ3) is 4.64. The van der Waals surface area contributed by atoms with Crippen molar-refractivity contribution in [1.29, 1.82) is 0 Å². The Labute approximate surface area is 114 Å². The van der Waals surface area contributed by atoms with Crippen molar-refractivity contribution >= 4 is 33.2 Å². The molecule has 0 aliphatic heterocycles. The quantitative estimate of drug-likeness (QED) is 0.431. The zero-order valence-corrected chi connectivity index (χ0v) is 12.0. The molecule has 0 aliphatic carbocycles. The Balaban J connectivity index is 2.75. The van der Waals surface area contributed by atoms with Crippen molar-refractivity contribution in [1.82, 2.24) is 0 Å². The Morgan fingerprint density at radius 3 is 2.76 bits per heavy atom. The molecule has 0 spiro atoms. The number of alkyl halides is 1. The molecular formula is C12H15BrClNO2. The van der Waals surface area contributed by atoms with Crippen LogP contribution in [0, 0.1) is 10.1 Å². The van der Waals surface area contributed by atoms with Crippen molar-refractivity contribution in [2.75, 3.05) is 0 Å². The molecule has 94 valence electrons. The van der Waals surface area contributed by atoms with E-state index in [0.29, 0.717) is 21.8 Å². The molecule has 17 heavy (non-hydrogen) atoms. The van der Waals surface area contributed by atoms with E-state index in [1.165, 1.54) is 6.07 Å². The lowest BCUT2D eigenvalue weighted by molar-refractivity contribution is -0.385. The maximum atomic E-state index is 10.9. The van der Waals surface area contributed by atoms with Crippen molar-refractivity contribution in [3.63, 3.8) is 0 Å². The smallest absolute Gasteiger partial charge is 0.258 e. The summed E-state index contributed by atoms with van der Waals surface area (Å²) in [6, 6.07) is 4.72. The van der Waals surface area contributed by atoms with E-state index in [9.17, 15) is 10.1 Å². The van der Waals surface area contributed by atoms with Crippen LogP contribution in [0.15, 0.2) is 18.2 Å². The predicted molar refractivity (Wildman–Crippen MR) is 74.1 cm³/mol. The predicted octanol–water partition coefficient (Wildman–Crippen LogP) is 4.74. The van der Waals surface area contributed by atoms with Crippen LogP contribution in [0.1, 0.15) is 31.7 Å². The van der Waals surface area contributed by atoms with Crippen molar-refractivity contribution in [2.24, 2.45) is 0 Å². The minimum Gasteiger partial charge on any atom is -0.258 e. The fourth-order valence-corrected chi connectivity index (χ4v) is 2.58. The maximum Gasteiger partial charge on any atom is 0.272 e. The molecule has 0 N–H and O–H groups in total. The van der Waals surface area contributed by atoms with Crippen LogP contribution in [0.25, 0.3) is 0 Å². The number of hydrogen-bond donors (Lipinski definition) is 0. The van der Waals surface area contributed by atoms with Gasteiger partial charge in [0.2, 0.25) is 0 Å². The zero-order chi connectivity index (χ0) is 12.8. The van der Waals surface area contributed by atoms with Gasteiger partial charge < -0.3 is 0 Å². The summed E-state index contributed by atoms with van der Waals surface area (Å²) >= 11 is 9.44. The molecular weight excluding hydrogens is 305 g/mol. The first kappa shape index (κ1) is 14.5. The molecule has 3 nitrogen and oxygen atoms in total. The van der Waals surface area contributed by atoms with Gasteiger partial charge in [0.1, 0.15) is 0 Å². The summed E-state index contributed by atoms with van der Waals surface area (Å²) in [7, 11) is 0. The van der Waals surface area contributed by atoms with Crippen LogP contribution in [-0.4, -0.2) is 9.75 Å². The fourth-order valence-electron chi connectivity index (χ4n) is 1.70. The van der Waals surface area contributed by atoms with Crippen LogP contribution in [-0.2, 0) is 6.42 Å². The Morgan fingerprint density at radius 1 is 1.47 bits per heavy atom. The molecule has 0 heterocycles. The minimum atomic E-state index is -0.352. The molecule has 1 aromatic rings. The van der Waals surface area contributed by atoms with Gasteiger partial charge in [0.05, 0.1) is 4.92 Å². The number of nitro groups is 1. The van der Waals surface area contributed by atoms with Gasteiger partial charge in [-0.1, -0.05) is 40.9 Å². The fraction of sp³-hybridized carbons (Fsp3) is 0.500. The van der Waals surface area contributed by atoms with E-state index < -0.39 is 0 Å². The second-order valence-electron chi connectivity index (χ2n) is 3.95. The molecule has 1 aromatic carbocycles. The number of rotatable bonds is 6. The van der Waals surface area contributed by atoms with E-state index in [1.54, 1.807) is 12.1 Å². The van der Waals surface area contributed by atoms with Crippen LogP contribution < -0.4 is 0 Å². The molecule has 5 heteroatoms. The number of aryl methyl sites for hydroxylation is 1. The van der Waals surface area contributed by atoms with Crippen LogP contribution in [0.3, 0.4) is 0 Å². The van der Waals surface area contributed by atoms with Gasteiger partial charge in [-0.2, -0.15) is 0 Å². The summed E-state index contributed by atoms with van der Waals surface area (Å²) in [6.45, 7) is 2.12. The largest absolute Gasteiger partial charge is 0.272 e. The second kappa shape index (κ2) is 6.97. The highest BCUT2D eigenvalue weighted by Gasteiger charge is 2.14. The highest BCUT2D eigenvalue weighted by Crippen LogP contribution is 2.25. The molecule has 0 saturated heterocycles. The lowest BCUT2D eigenvalue weighted by atomic mass is 10.0. The van der Waals surface area contributed by atoms with Gasteiger partial charge in [-0.05, 0) is 31.4 Å².